The number of fused-ring (bicyclic) bond motifs is 2. The molecule has 0 aromatic heterocycles. The number of phenolic OH excluding ortho intramolecular Hbond substituents is 1. The fraction of sp³-hybridized carbons (Fsp3) is 0.565. The molecule has 0 radical (unpaired) electrons. The van der Waals surface area contributed by atoms with Crippen molar-refractivity contribution in [2.24, 2.45) is 0 Å². The van der Waals surface area contributed by atoms with Gasteiger partial charge in [0.25, 0.3) is 0 Å². The number of carbonyl (C=O) groups excluding carboxylic acids is 2. The number of allylic oxidation sites excluding steroid dienone is 1. The first-order valence-corrected chi connectivity index (χ1v) is 10.7. The van der Waals surface area contributed by atoms with Gasteiger partial charge in [-0.25, -0.2) is 0 Å². The summed E-state index contributed by atoms with van der Waals surface area (Å²) in [6.45, 7) is 3.18. The second-order valence-corrected chi connectivity index (χ2v) is 8.68. The first kappa shape index (κ1) is 23.0. The van der Waals surface area contributed by atoms with Crippen molar-refractivity contribution < 1.29 is 44.2 Å². The van der Waals surface area contributed by atoms with E-state index in [0.717, 1.165) is 12.5 Å². The molecule has 2 aliphatic heterocycles. The standard InChI is InChI=1S/C23H28O9/c1-4-5-14-16-10(8-23(2,30-3)32-14)6-11-13(25)7-12(18(26)17(11)20(16)28)22-21(29)19(27)15(9-24)31-22/h6-7,14-15,19,21-22,24,27-29H,4-5,8-9H2,1-3H3/t14-,15+,19+,21+,22-,23-/m1/s1. The van der Waals surface area contributed by atoms with E-state index in [1.165, 1.54) is 7.11 Å². The smallest absolute Gasteiger partial charge is 0.196 e. The van der Waals surface area contributed by atoms with Crippen molar-refractivity contribution in [3.63, 3.8) is 0 Å². The van der Waals surface area contributed by atoms with E-state index in [1.54, 1.807) is 13.0 Å². The Hall–Kier alpha value is -2.14. The summed E-state index contributed by atoms with van der Waals surface area (Å²) in [5, 5.41) is 40.9. The molecule has 9 heteroatoms. The number of ether oxygens (including phenoxy) is 3. The van der Waals surface area contributed by atoms with Crippen LogP contribution < -0.4 is 0 Å². The fourth-order valence-corrected chi connectivity index (χ4v) is 4.80. The van der Waals surface area contributed by atoms with Crippen molar-refractivity contribution in [3.05, 3.63) is 40.0 Å². The number of rotatable bonds is 5. The minimum absolute atomic E-state index is 0.0531. The minimum atomic E-state index is -1.50. The molecule has 1 aliphatic carbocycles. The Labute approximate surface area is 185 Å². The van der Waals surface area contributed by atoms with Crippen LogP contribution >= 0.6 is 0 Å². The molecule has 1 aromatic carbocycles. The lowest BCUT2D eigenvalue weighted by molar-refractivity contribution is -0.245. The molecule has 4 N–H and O–H groups in total. The number of carbonyl (C=O) groups is 2. The maximum absolute atomic E-state index is 13.4. The van der Waals surface area contributed by atoms with E-state index in [0.29, 0.717) is 17.5 Å². The van der Waals surface area contributed by atoms with Gasteiger partial charge < -0.3 is 34.6 Å². The van der Waals surface area contributed by atoms with E-state index in [4.69, 9.17) is 14.2 Å². The number of Topliss-reactive ketones (excluding diaryl/α,β-unsaturated/α-hetero) is 1. The van der Waals surface area contributed by atoms with Crippen LogP contribution in [0, 0.1) is 0 Å². The molecule has 4 rings (SSSR count). The van der Waals surface area contributed by atoms with Crippen LogP contribution in [0.4, 0.5) is 0 Å². The monoisotopic (exact) mass is 448 g/mol. The van der Waals surface area contributed by atoms with Crippen molar-refractivity contribution in [2.75, 3.05) is 13.7 Å². The summed E-state index contributed by atoms with van der Waals surface area (Å²) >= 11 is 0. The highest BCUT2D eigenvalue weighted by atomic mass is 16.7. The van der Waals surface area contributed by atoms with Crippen LogP contribution in [-0.4, -0.2) is 75.9 Å². The lowest BCUT2D eigenvalue weighted by Gasteiger charge is -2.40. The molecule has 1 fully saturated rings. The third kappa shape index (κ3) is 3.49. The third-order valence-corrected chi connectivity index (χ3v) is 6.52. The Kier molecular flexibility index (Phi) is 6.00. The van der Waals surface area contributed by atoms with Crippen LogP contribution in [0.5, 0.6) is 5.75 Å². The van der Waals surface area contributed by atoms with Crippen LogP contribution in [0.3, 0.4) is 0 Å². The predicted molar refractivity (Wildman–Crippen MR) is 110 cm³/mol. The molecule has 174 valence electrons. The Bertz CT molecular complexity index is 984. The first-order valence-electron chi connectivity index (χ1n) is 10.7. The van der Waals surface area contributed by atoms with Gasteiger partial charge in [0.1, 0.15) is 30.2 Å². The second kappa shape index (κ2) is 8.33. The summed E-state index contributed by atoms with van der Waals surface area (Å²) in [7, 11) is 1.52. The largest absolute Gasteiger partial charge is 0.507 e. The Morgan fingerprint density at radius 3 is 2.56 bits per heavy atom. The molecular formula is C23H28O9. The van der Waals surface area contributed by atoms with Crippen molar-refractivity contribution in [1.29, 1.82) is 0 Å². The molecule has 32 heavy (non-hydrogen) atoms. The zero-order chi connectivity index (χ0) is 23.4. The van der Waals surface area contributed by atoms with Crippen LogP contribution in [0.1, 0.15) is 64.6 Å². The van der Waals surface area contributed by atoms with Crippen molar-refractivity contribution >= 4 is 11.6 Å². The summed E-state index contributed by atoms with van der Waals surface area (Å²) in [6, 6.07) is 1.59. The molecule has 6 atom stereocenters. The number of methoxy groups -OCH3 is 1. The molecule has 1 saturated heterocycles. The summed E-state index contributed by atoms with van der Waals surface area (Å²) in [5.41, 5.74) is 0.822. The number of hydrogen-bond donors (Lipinski definition) is 4. The highest BCUT2D eigenvalue weighted by Gasteiger charge is 2.48. The Balaban J connectivity index is 1.80. The number of ketones is 2. The zero-order valence-corrected chi connectivity index (χ0v) is 18.2. The van der Waals surface area contributed by atoms with Gasteiger partial charge in [-0.1, -0.05) is 13.3 Å². The quantitative estimate of drug-likeness (QED) is 0.518. The van der Waals surface area contributed by atoms with Gasteiger partial charge in [0, 0.05) is 30.2 Å². The van der Waals surface area contributed by atoms with Gasteiger partial charge in [-0.05, 0) is 31.1 Å². The SMILES string of the molecule is CCC[C@H]1O[C@@](C)(OC)Cc2cc3c(c(O)c21)C(=O)C([C@H]1O[C@@H](CO)[C@H](O)[C@@H]1O)=CC3=O. The van der Waals surface area contributed by atoms with Crippen LogP contribution in [0.25, 0.3) is 0 Å². The molecule has 0 saturated carbocycles. The summed E-state index contributed by atoms with van der Waals surface area (Å²) in [4.78, 5) is 26.3. The number of aromatic hydroxyl groups is 1. The van der Waals surface area contributed by atoms with Gasteiger partial charge in [-0.2, -0.15) is 0 Å². The van der Waals surface area contributed by atoms with Gasteiger partial charge in [0.15, 0.2) is 17.4 Å². The average Bonchev–Trinajstić information content (AvgIpc) is 3.04. The number of benzene rings is 1. The molecule has 2 heterocycles. The average molecular weight is 448 g/mol. The minimum Gasteiger partial charge on any atom is -0.507 e. The zero-order valence-electron chi connectivity index (χ0n) is 18.2. The molecule has 3 aliphatic rings. The highest BCUT2D eigenvalue weighted by Crippen LogP contribution is 2.47. The van der Waals surface area contributed by atoms with E-state index in [-0.39, 0.29) is 28.9 Å². The van der Waals surface area contributed by atoms with Crippen LogP contribution in [0.2, 0.25) is 0 Å². The van der Waals surface area contributed by atoms with Crippen molar-refractivity contribution in [2.45, 2.75) is 69.4 Å². The Morgan fingerprint density at radius 1 is 1.25 bits per heavy atom. The topological polar surface area (TPSA) is 143 Å². The lowest BCUT2D eigenvalue weighted by Crippen LogP contribution is -2.40. The predicted octanol–water partition coefficient (Wildman–Crippen LogP) is 0.956. The normalized spacial score (nSPS) is 34.3. The maximum Gasteiger partial charge on any atom is 0.196 e. The number of aliphatic hydroxyl groups excluding tert-OH is 3. The van der Waals surface area contributed by atoms with Crippen LogP contribution in [-0.2, 0) is 20.6 Å². The van der Waals surface area contributed by atoms with Gasteiger partial charge in [-0.3, -0.25) is 9.59 Å². The summed E-state index contributed by atoms with van der Waals surface area (Å²) in [6.07, 6.45) is -3.18. The summed E-state index contributed by atoms with van der Waals surface area (Å²) < 4.78 is 17.1. The molecule has 0 spiro atoms. The Morgan fingerprint density at radius 2 is 1.97 bits per heavy atom. The molecule has 0 amide bonds. The van der Waals surface area contributed by atoms with E-state index in [2.05, 4.69) is 0 Å². The lowest BCUT2D eigenvalue weighted by atomic mass is 9.79. The molecule has 0 bridgehead atoms. The van der Waals surface area contributed by atoms with E-state index >= 15 is 0 Å². The maximum atomic E-state index is 13.4. The number of phenols is 1. The van der Waals surface area contributed by atoms with E-state index < -0.39 is 54.5 Å². The van der Waals surface area contributed by atoms with Crippen molar-refractivity contribution in [1.82, 2.24) is 0 Å². The van der Waals surface area contributed by atoms with Crippen molar-refractivity contribution in [3.8, 4) is 5.75 Å². The molecule has 9 nitrogen and oxygen atoms in total. The van der Waals surface area contributed by atoms with Gasteiger partial charge >= 0.3 is 0 Å². The second-order valence-electron chi connectivity index (χ2n) is 8.68. The molecule has 0 unspecified atom stereocenters. The number of hydrogen-bond acceptors (Lipinski definition) is 9. The van der Waals surface area contributed by atoms with E-state index in [1.807, 2.05) is 6.92 Å². The first-order chi connectivity index (χ1) is 15.2. The fourth-order valence-electron chi connectivity index (χ4n) is 4.80. The highest BCUT2D eigenvalue weighted by molar-refractivity contribution is 6.26. The van der Waals surface area contributed by atoms with E-state index in [9.17, 15) is 30.0 Å². The molecular weight excluding hydrogens is 420 g/mol. The van der Waals surface area contributed by atoms with Gasteiger partial charge in [0.2, 0.25) is 0 Å². The summed E-state index contributed by atoms with van der Waals surface area (Å²) in [5.74, 6) is -2.47. The van der Waals surface area contributed by atoms with Gasteiger partial charge in [-0.15, -0.1) is 0 Å². The molecule has 1 aromatic rings. The third-order valence-electron chi connectivity index (χ3n) is 6.52. The van der Waals surface area contributed by atoms with Crippen LogP contribution in [0.15, 0.2) is 17.7 Å². The number of aliphatic hydroxyl groups is 3. The van der Waals surface area contributed by atoms with Gasteiger partial charge in [0.05, 0.1) is 18.3 Å².